The highest BCUT2D eigenvalue weighted by atomic mass is 19.1. The SMILES string of the molecule is CN1N=C2CCN(C(=O)C(CCCc3ccc(F)cn3)NC(=O)C(C)(C)N)CC2(Cc2ccccc2)C1=O. The number of carbonyl (C=O) groups excluding carboxylic acids is 3. The molecule has 0 saturated carbocycles. The molecule has 1 aromatic heterocycles. The molecule has 3 amide bonds. The minimum atomic E-state index is -1.17. The molecule has 2 aliphatic heterocycles. The van der Waals surface area contributed by atoms with Crippen LogP contribution < -0.4 is 11.1 Å². The molecule has 1 saturated heterocycles. The molecule has 0 aliphatic carbocycles. The maximum Gasteiger partial charge on any atom is 0.256 e. The van der Waals surface area contributed by atoms with Crippen molar-refractivity contribution in [3.63, 3.8) is 0 Å². The van der Waals surface area contributed by atoms with E-state index < -0.39 is 28.7 Å². The molecule has 2 aliphatic rings. The fraction of sp³-hybridized carbons (Fsp3) is 0.464. The number of pyridine rings is 1. The monoisotopic (exact) mass is 522 g/mol. The fourth-order valence-electron chi connectivity index (χ4n) is 5.08. The number of hydrazone groups is 1. The van der Waals surface area contributed by atoms with Gasteiger partial charge in [0.15, 0.2) is 0 Å². The molecule has 3 heterocycles. The fourth-order valence-corrected chi connectivity index (χ4v) is 5.08. The number of nitrogens with zero attached hydrogens (tertiary/aromatic N) is 4. The van der Waals surface area contributed by atoms with E-state index in [1.165, 1.54) is 11.1 Å². The van der Waals surface area contributed by atoms with Crippen LogP contribution in [-0.4, -0.2) is 70.0 Å². The number of carbonyl (C=O) groups is 3. The van der Waals surface area contributed by atoms with Crippen LogP contribution >= 0.6 is 0 Å². The van der Waals surface area contributed by atoms with Gasteiger partial charge in [-0.25, -0.2) is 9.40 Å². The Hall–Kier alpha value is -3.66. The van der Waals surface area contributed by atoms with E-state index in [9.17, 15) is 18.8 Å². The van der Waals surface area contributed by atoms with Crippen LogP contribution in [0.5, 0.6) is 0 Å². The van der Waals surface area contributed by atoms with E-state index in [4.69, 9.17) is 5.73 Å². The van der Waals surface area contributed by atoms with E-state index in [0.717, 1.165) is 17.5 Å². The third-order valence-corrected chi connectivity index (χ3v) is 7.17. The molecule has 2 atom stereocenters. The molecule has 0 radical (unpaired) electrons. The van der Waals surface area contributed by atoms with Crippen molar-refractivity contribution in [2.24, 2.45) is 16.3 Å². The Morgan fingerprint density at radius 1 is 1.21 bits per heavy atom. The Morgan fingerprint density at radius 2 is 1.95 bits per heavy atom. The van der Waals surface area contributed by atoms with E-state index in [1.54, 1.807) is 31.9 Å². The highest BCUT2D eigenvalue weighted by Gasteiger charge is 2.53. The predicted molar refractivity (Wildman–Crippen MR) is 141 cm³/mol. The summed E-state index contributed by atoms with van der Waals surface area (Å²) in [5, 5.41) is 8.71. The van der Waals surface area contributed by atoms with Crippen molar-refractivity contribution < 1.29 is 18.8 Å². The second kappa shape index (κ2) is 11.0. The summed E-state index contributed by atoms with van der Waals surface area (Å²) < 4.78 is 13.2. The Morgan fingerprint density at radius 3 is 2.61 bits per heavy atom. The number of aromatic nitrogens is 1. The van der Waals surface area contributed by atoms with Crippen molar-refractivity contribution in [2.45, 2.75) is 57.5 Å². The summed E-state index contributed by atoms with van der Waals surface area (Å²) in [6.45, 7) is 3.74. The maximum atomic E-state index is 13.9. The van der Waals surface area contributed by atoms with Gasteiger partial charge in [0.25, 0.3) is 5.91 Å². The largest absolute Gasteiger partial charge is 0.343 e. The lowest BCUT2D eigenvalue weighted by Crippen LogP contribution is -2.60. The average Bonchev–Trinajstić information content (AvgIpc) is 3.13. The number of likely N-dealkylation sites (tertiary alicyclic amines) is 1. The van der Waals surface area contributed by atoms with E-state index in [0.29, 0.717) is 44.3 Å². The average molecular weight is 523 g/mol. The Bertz CT molecular complexity index is 1210. The van der Waals surface area contributed by atoms with Crippen molar-refractivity contribution in [3.05, 3.63) is 65.7 Å². The van der Waals surface area contributed by atoms with Crippen molar-refractivity contribution in [2.75, 3.05) is 20.1 Å². The summed E-state index contributed by atoms with van der Waals surface area (Å²) in [5.41, 5.74) is 6.36. The molecule has 1 fully saturated rings. The van der Waals surface area contributed by atoms with Gasteiger partial charge in [0, 0.05) is 32.3 Å². The van der Waals surface area contributed by atoms with Crippen LogP contribution in [0, 0.1) is 11.2 Å². The van der Waals surface area contributed by atoms with Crippen molar-refractivity contribution in [3.8, 4) is 0 Å². The number of hydrogen-bond donors (Lipinski definition) is 2. The van der Waals surface area contributed by atoms with Gasteiger partial charge >= 0.3 is 0 Å². The van der Waals surface area contributed by atoms with Crippen LogP contribution in [0.4, 0.5) is 4.39 Å². The summed E-state index contributed by atoms with van der Waals surface area (Å²) in [4.78, 5) is 45.8. The molecule has 38 heavy (non-hydrogen) atoms. The van der Waals surface area contributed by atoms with Crippen LogP contribution in [0.3, 0.4) is 0 Å². The summed E-state index contributed by atoms with van der Waals surface area (Å²) in [6.07, 6.45) is 3.46. The van der Waals surface area contributed by atoms with E-state index >= 15 is 0 Å². The third-order valence-electron chi connectivity index (χ3n) is 7.17. The van der Waals surface area contributed by atoms with Gasteiger partial charge < -0.3 is 16.0 Å². The van der Waals surface area contributed by atoms with Gasteiger partial charge in [0.1, 0.15) is 17.3 Å². The molecule has 4 rings (SSSR count). The lowest BCUT2D eigenvalue weighted by molar-refractivity contribution is -0.142. The van der Waals surface area contributed by atoms with Gasteiger partial charge in [-0.15, -0.1) is 0 Å². The number of benzene rings is 1. The van der Waals surface area contributed by atoms with Crippen LogP contribution in [0.2, 0.25) is 0 Å². The molecule has 10 heteroatoms. The summed E-state index contributed by atoms with van der Waals surface area (Å²) >= 11 is 0. The zero-order valence-electron chi connectivity index (χ0n) is 22.1. The Balaban J connectivity index is 1.54. The lowest BCUT2D eigenvalue weighted by atomic mass is 9.73. The number of fused-ring (bicyclic) bond motifs is 1. The van der Waals surface area contributed by atoms with E-state index in [2.05, 4.69) is 15.4 Å². The zero-order chi connectivity index (χ0) is 27.5. The van der Waals surface area contributed by atoms with Gasteiger partial charge in [0.05, 0.1) is 17.4 Å². The summed E-state index contributed by atoms with van der Waals surface area (Å²) in [6, 6.07) is 11.8. The topological polar surface area (TPSA) is 121 Å². The number of amides is 3. The quantitative estimate of drug-likeness (QED) is 0.522. The lowest BCUT2D eigenvalue weighted by Gasteiger charge is -2.41. The number of piperidine rings is 1. The first-order valence-corrected chi connectivity index (χ1v) is 12.9. The molecule has 202 valence electrons. The number of halogens is 1. The standard InChI is InChI=1S/C28H35FN6O3/c1-27(2,30)25(37)32-22(11-7-10-21-13-12-20(29)17-31-21)24(36)35-15-14-23-28(18-35,26(38)34(3)33-23)16-19-8-5-4-6-9-19/h4-6,8-9,12-13,17,22H,7,10-11,14-16,18,30H2,1-3H3,(H,32,37). The zero-order valence-corrected chi connectivity index (χ0v) is 22.1. The maximum absolute atomic E-state index is 13.9. The first-order chi connectivity index (χ1) is 18.0. The van der Waals surface area contributed by atoms with Crippen molar-refractivity contribution >= 4 is 23.4 Å². The van der Waals surface area contributed by atoms with Gasteiger partial charge in [-0.3, -0.25) is 19.4 Å². The molecule has 0 spiro atoms. The van der Waals surface area contributed by atoms with Crippen LogP contribution in [0.25, 0.3) is 0 Å². The molecule has 9 nitrogen and oxygen atoms in total. The summed E-state index contributed by atoms with van der Waals surface area (Å²) in [7, 11) is 1.64. The second-order valence-electron chi connectivity index (χ2n) is 10.7. The second-order valence-corrected chi connectivity index (χ2v) is 10.7. The van der Waals surface area contributed by atoms with Crippen LogP contribution in [0.1, 0.15) is 44.4 Å². The minimum absolute atomic E-state index is 0.139. The molecule has 1 aromatic carbocycles. The van der Waals surface area contributed by atoms with Crippen molar-refractivity contribution in [1.29, 1.82) is 0 Å². The Kier molecular flexibility index (Phi) is 7.91. The molecule has 3 N–H and O–H groups in total. The smallest absolute Gasteiger partial charge is 0.256 e. The van der Waals surface area contributed by atoms with Crippen LogP contribution in [0.15, 0.2) is 53.8 Å². The van der Waals surface area contributed by atoms with Gasteiger partial charge in [-0.05, 0) is 57.2 Å². The van der Waals surface area contributed by atoms with Crippen molar-refractivity contribution in [1.82, 2.24) is 20.2 Å². The van der Waals surface area contributed by atoms with E-state index in [1.807, 2.05) is 30.3 Å². The number of aryl methyl sites for hydroxylation is 1. The highest BCUT2D eigenvalue weighted by molar-refractivity contribution is 6.13. The Labute approximate surface area is 222 Å². The minimum Gasteiger partial charge on any atom is -0.343 e. The third kappa shape index (κ3) is 5.91. The molecule has 0 bridgehead atoms. The van der Waals surface area contributed by atoms with Gasteiger partial charge in [-0.1, -0.05) is 30.3 Å². The number of rotatable bonds is 9. The highest BCUT2D eigenvalue weighted by Crippen LogP contribution is 2.38. The molecule has 2 aromatic rings. The summed E-state index contributed by atoms with van der Waals surface area (Å²) in [5.74, 6) is -1.25. The molecular formula is C28H35FN6O3. The van der Waals surface area contributed by atoms with Gasteiger partial charge in [0.2, 0.25) is 11.8 Å². The molecular weight excluding hydrogens is 487 g/mol. The first kappa shape index (κ1) is 27.4. The molecule has 2 unspecified atom stereocenters. The van der Waals surface area contributed by atoms with Crippen LogP contribution in [-0.2, 0) is 27.2 Å². The first-order valence-electron chi connectivity index (χ1n) is 12.9. The predicted octanol–water partition coefficient (Wildman–Crippen LogP) is 2.05. The number of nitrogens with two attached hydrogens (primary N) is 1. The normalized spacial score (nSPS) is 20.1. The number of hydrogen-bond acceptors (Lipinski definition) is 6. The van der Waals surface area contributed by atoms with E-state index in [-0.39, 0.29) is 18.4 Å². The number of nitrogens with one attached hydrogen (secondary N) is 1. The van der Waals surface area contributed by atoms with Gasteiger partial charge in [-0.2, -0.15) is 5.10 Å².